The van der Waals surface area contributed by atoms with Crippen LogP contribution in [0.25, 0.3) is 0 Å². The molecule has 7 nitrogen and oxygen atoms in total. The topological polar surface area (TPSA) is 79.1 Å². The summed E-state index contributed by atoms with van der Waals surface area (Å²) in [6.45, 7) is 3.50. The number of para-hydroxylation sites is 2. The molecule has 2 aliphatic heterocycles. The van der Waals surface area contributed by atoms with Crippen LogP contribution in [0.15, 0.2) is 48.5 Å². The van der Waals surface area contributed by atoms with Gasteiger partial charge in [-0.25, -0.2) is 0 Å². The zero-order valence-corrected chi connectivity index (χ0v) is 17.9. The van der Waals surface area contributed by atoms with Crippen molar-refractivity contribution in [2.75, 3.05) is 44.2 Å². The number of alkyl halides is 3. The number of nitrogens with zero attached hydrogens (tertiary/aromatic N) is 3. The molecule has 33 heavy (non-hydrogen) atoms. The second-order valence-corrected chi connectivity index (χ2v) is 8.23. The Bertz CT molecular complexity index is 1000. The van der Waals surface area contributed by atoms with Crippen molar-refractivity contribution in [3.8, 4) is 5.75 Å². The lowest BCUT2D eigenvalue weighted by atomic mass is 10.1. The van der Waals surface area contributed by atoms with Crippen molar-refractivity contribution in [2.45, 2.75) is 18.8 Å². The number of rotatable bonds is 5. The maximum Gasteiger partial charge on any atom is 0.416 e. The van der Waals surface area contributed by atoms with Gasteiger partial charge in [0.25, 0.3) is 5.91 Å². The predicted molar refractivity (Wildman–Crippen MR) is 116 cm³/mol. The quantitative estimate of drug-likeness (QED) is 0.737. The van der Waals surface area contributed by atoms with Crippen molar-refractivity contribution < 1.29 is 27.5 Å². The average Bonchev–Trinajstić information content (AvgIpc) is 2.79. The molecule has 0 radical (unpaired) electrons. The largest absolute Gasteiger partial charge is 0.477 e. The predicted octanol–water partition coefficient (Wildman–Crippen LogP) is 2.10. The van der Waals surface area contributed by atoms with Crippen LogP contribution >= 0.6 is 0 Å². The normalized spacial score (nSPS) is 19.6. The van der Waals surface area contributed by atoms with Gasteiger partial charge in [-0.05, 0) is 29.8 Å². The molecule has 2 heterocycles. The number of hydrogen-bond acceptors (Lipinski definition) is 5. The molecule has 2 amide bonds. The summed E-state index contributed by atoms with van der Waals surface area (Å²) in [7, 11) is 0. The molecule has 0 saturated carbocycles. The molecule has 10 heteroatoms. The molecular formula is C23H25F3N4O3. The van der Waals surface area contributed by atoms with Gasteiger partial charge in [-0.15, -0.1) is 0 Å². The number of amides is 2. The van der Waals surface area contributed by atoms with Crippen LogP contribution in [0.1, 0.15) is 11.1 Å². The fraction of sp³-hybridized carbons (Fsp3) is 0.391. The lowest BCUT2D eigenvalue weighted by molar-refractivity contribution is -0.137. The number of fused-ring (bicyclic) bond motifs is 1. The fourth-order valence-corrected chi connectivity index (χ4v) is 4.06. The fourth-order valence-electron chi connectivity index (χ4n) is 4.06. The van der Waals surface area contributed by atoms with Gasteiger partial charge < -0.3 is 15.4 Å². The van der Waals surface area contributed by atoms with E-state index in [1.54, 1.807) is 29.2 Å². The van der Waals surface area contributed by atoms with E-state index in [4.69, 9.17) is 10.5 Å². The Hall–Kier alpha value is -3.11. The van der Waals surface area contributed by atoms with Crippen molar-refractivity contribution in [3.63, 3.8) is 0 Å². The molecule has 1 atom stereocenters. The van der Waals surface area contributed by atoms with E-state index in [1.165, 1.54) is 12.1 Å². The Morgan fingerprint density at radius 1 is 0.970 bits per heavy atom. The number of carbonyl (C=O) groups excluding carboxylic acids is 2. The summed E-state index contributed by atoms with van der Waals surface area (Å²) in [4.78, 5) is 30.4. The highest BCUT2D eigenvalue weighted by atomic mass is 19.4. The number of piperazine rings is 1. The van der Waals surface area contributed by atoms with Crippen LogP contribution in [0, 0.1) is 0 Å². The monoisotopic (exact) mass is 462 g/mol. The van der Waals surface area contributed by atoms with Gasteiger partial charge in [0.2, 0.25) is 5.91 Å². The molecule has 0 bridgehead atoms. The van der Waals surface area contributed by atoms with Crippen molar-refractivity contribution >= 4 is 17.5 Å². The number of halogens is 3. The summed E-state index contributed by atoms with van der Waals surface area (Å²) in [5.41, 5.74) is 6.18. The summed E-state index contributed by atoms with van der Waals surface area (Å²) in [5.74, 6) is -0.324. The summed E-state index contributed by atoms with van der Waals surface area (Å²) in [5, 5.41) is 0. The highest BCUT2D eigenvalue weighted by Crippen LogP contribution is 2.33. The Kier molecular flexibility index (Phi) is 6.57. The number of primary amides is 1. The molecule has 0 spiro atoms. The third-order valence-corrected chi connectivity index (χ3v) is 5.90. The molecule has 1 fully saturated rings. The maximum atomic E-state index is 13.1. The molecule has 2 aromatic carbocycles. The minimum absolute atomic E-state index is 0.0685. The highest BCUT2D eigenvalue weighted by Gasteiger charge is 2.33. The van der Waals surface area contributed by atoms with Crippen LogP contribution in [0.5, 0.6) is 5.75 Å². The van der Waals surface area contributed by atoms with Crippen molar-refractivity contribution in [1.29, 1.82) is 0 Å². The minimum Gasteiger partial charge on any atom is -0.477 e. The SMILES string of the molecule is NC(=O)C1CN(C(=O)CN2CCN(Cc3ccc(C(F)(F)F)cc3)CC2)c2ccccc2O1. The number of carbonyl (C=O) groups is 2. The van der Waals surface area contributed by atoms with Gasteiger partial charge in [-0.3, -0.25) is 19.4 Å². The Morgan fingerprint density at radius 2 is 1.61 bits per heavy atom. The summed E-state index contributed by atoms with van der Waals surface area (Å²) >= 11 is 0. The molecule has 2 N–H and O–H groups in total. The van der Waals surface area contributed by atoms with Crippen LogP contribution in [0.3, 0.4) is 0 Å². The average molecular weight is 462 g/mol. The van der Waals surface area contributed by atoms with Crippen molar-refractivity contribution in [1.82, 2.24) is 9.80 Å². The van der Waals surface area contributed by atoms with E-state index in [2.05, 4.69) is 4.90 Å². The molecule has 1 saturated heterocycles. The van der Waals surface area contributed by atoms with Crippen LogP contribution < -0.4 is 15.4 Å². The zero-order chi connectivity index (χ0) is 23.6. The minimum atomic E-state index is -4.34. The van der Waals surface area contributed by atoms with Gasteiger partial charge in [-0.2, -0.15) is 13.2 Å². The Morgan fingerprint density at radius 3 is 2.24 bits per heavy atom. The zero-order valence-electron chi connectivity index (χ0n) is 17.9. The van der Waals surface area contributed by atoms with E-state index in [1.807, 2.05) is 4.90 Å². The van der Waals surface area contributed by atoms with Gasteiger partial charge in [0.15, 0.2) is 6.10 Å². The summed E-state index contributed by atoms with van der Waals surface area (Å²) in [6, 6.07) is 12.2. The van der Waals surface area contributed by atoms with Crippen molar-refractivity contribution in [3.05, 3.63) is 59.7 Å². The van der Waals surface area contributed by atoms with E-state index in [0.717, 1.165) is 17.7 Å². The second-order valence-electron chi connectivity index (χ2n) is 8.23. The number of hydrogen-bond donors (Lipinski definition) is 1. The number of anilines is 1. The Balaban J connectivity index is 1.32. The van der Waals surface area contributed by atoms with E-state index in [-0.39, 0.29) is 19.0 Å². The highest BCUT2D eigenvalue weighted by molar-refractivity contribution is 5.98. The Labute approximate surface area is 189 Å². The summed E-state index contributed by atoms with van der Waals surface area (Å²) in [6.07, 6.45) is -5.24. The van der Waals surface area contributed by atoms with Gasteiger partial charge in [0.05, 0.1) is 24.3 Å². The van der Waals surface area contributed by atoms with E-state index < -0.39 is 23.8 Å². The molecule has 4 rings (SSSR count). The molecule has 2 aliphatic rings. The smallest absolute Gasteiger partial charge is 0.416 e. The number of nitrogens with two attached hydrogens (primary N) is 1. The van der Waals surface area contributed by atoms with Crippen LogP contribution in [0.2, 0.25) is 0 Å². The number of benzene rings is 2. The first-order valence-electron chi connectivity index (χ1n) is 10.7. The third-order valence-electron chi connectivity index (χ3n) is 5.90. The van der Waals surface area contributed by atoms with E-state index in [9.17, 15) is 22.8 Å². The van der Waals surface area contributed by atoms with Gasteiger partial charge in [0.1, 0.15) is 5.75 Å². The number of ether oxygens (including phenoxy) is 1. The molecule has 176 valence electrons. The maximum absolute atomic E-state index is 13.1. The van der Waals surface area contributed by atoms with Crippen LogP contribution in [0.4, 0.5) is 18.9 Å². The third kappa shape index (κ3) is 5.45. The standard InChI is InChI=1S/C23H25F3N4O3/c24-23(25,26)17-7-5-16(6-8-17)13-28-9-11-29(12-10-28)15-21(31)30-14-20(22(27)32)33-19-4-2-1-3-18(19)30/h1-8,20H,9-15H2,(H2,27,32). The summed E-state index contributed by atoms with van der Waals surface area (Å²) < 4.78 is 43.8. The first kappa shape index (κ1) is 23.1. The lowest BCUT2D eigenvalue weighted by Gasteiger charge is -2.37. The molecule has 0 aromatic heterocycles. The van der Waals surface area contributed by atoms with Gasteiger partial charge in [0, 0.05) is 32.7 Å². The lowest BCUT2D eigenvalue weighted by Crippen LogP contribution is -2.53. The molecule has 2 aromatic rings. The first-order valence-corrected chi connectivity index (χ1v) is 10.7. The molecule has 0 aliphatic carbocycles. The van der Waals surface area contributed by atoms with Gasteiger partial charge in [-0.1, -0.05) is 24.3 Å². The molecule has 1 unspecified atom stereocenters. The molecular weight excluding hydrogens is 437 g/mol. The van der Waals surface area contributed by atoms with E-state index >= 15 is 0 Å². The van der Waals surface area contributed by atoms with Crippen molar-refractivity contribution in [2.24, 2.45) is 5.73 Å². The van der Waals surface area contributed by atoms with E-state index in [0.29, 0.717) is 44.2 Å². The first-order chi connectivity index (χ1) is 15.7. The van der Waals surface area contributed by atoms with Gasteiger partial charge >= 0.3 is 6.18 Å². The van der Waals surface area contributed by atoms with Crippen LogP contribution in [-0.2, 0) is 22.3 Å². The second kappa shape index (κ2) is 9.40. The van der Waals surface area contributed by atoms with Crippen LogP contribution in [-0.4, -0.2) is 67.0 Å².